The summed E-state index contributed by atoms with van der Waals surface area (Å²) in [6.45, 7) is 5.89. The standard InChI is InChI=1S/C21H22FN3O4/c1-4-13(14-6-5-10(3)29-14)24-17-18(20(27)19(17)26)25-16-12(22)7-9(2)11-8-23-21(28)15(11)16/h5-7,13,21,23-25,28H,4,8H2,1-3H3/t13-,21?/m1/s1. The van der Waals surface area contributed by atoms with Gasteiger partial charge in [-0.15, -0.1) is 0 Å². The third-order valence-electron chi connectivity index (χ3n) is 5.39. The second kappa shape index (κ2) is 7.13. The molecule has 1 aromatic heterocycles. The van der Waals surface area contributed by atoms with E-state index in [0.717, 1.165) is 11.3 Å². The van der Waals surface area contributed by atoms with Gasteiger partial charge in [-0.2, -0.15) is 0 Å². The lowest BCUT2D eigenvalue weighted by atomic mass is 10.0. The Labute approximate surface area is 166 Å². The summed E-state index contributed by atoms with van der Waals surface area (Å²) in [5, 5.41) is 18.9. The molecule has 0 amide bonds. The van der Waals surface area contributed by atoms with Crippen LogP contribution >= 0.6 is 0 Å². The van der Waals surface area contributed by atoms with E-state index < -0.39 is 22.9 Å². The summed E-state index contributed by atoms with van der Waals surface area (Å²) in [4.78, 5) is 24.4. The van der Waals surface area contributed by atoms with E-state index >= 15 is 0 Å². The predicted octanol–water partition coefficient (Wildman–Crippen LogP) is 3.03. The highest BCUT2D eigenvalue weighted by Gasteiger charge is 2.31. The average molecular weight is 399 g/mol. The maximum atomic E-state index is 14.7. The van der Waals surface area contributed by atoms with Crippen LogP contribution in [0.25, 0.3) is 0 Å². The molecule has 3 aromatic rings. The molecular formula is C21H22FN3O4. The molecule has 152 valence electrons. The number of halogens is 1. The van der Waals surface area contributed by atoms with Gasteiger partial charge in [0.05, 0.1) is 11.7 Å². The molecule has 2 atom stereocenters. The molecule has 0 saturated heterocycles. The highest BCUT2D eigenvalue weighted by atomic mass is 19.1. The van der Waals surface area contributed by atoms with Crippen molar-refractivity contribution in [2.75, 3.05) is 10.6 Å². The van der Waals surface area contributed by atoms with Crippen molar-refractivity contribution in [3.8, 4) is 0 Å². The minimum atomic E-state index is -1.06. The molecule has 29 heavy (non-hydrogen) atoms. The molecule has 0 spiro atoms. The van der Waals surface area contributed by atoms with Crippen LogP contribution in [0.1, 0.15) is 53.8 Å². The fraction of sp³-hybridized carbons (Fsp3) is 0.333. The third-order valence-corrected chi connectivity index (χ3v) is 5.39. The Hall–Kier alpha value is -2.97. The minimum Gasteiger partial charge on any atom is -0.464 e. The smallest absolute Gasteiger partial charge is 0.253 e. The Bertz CT molecular complexity index is 1160. The highest BCUT2D eigenvalue weighted by Crippen LogP contribution is 2.37. The zero-order chi connectivity index (χ0) is 20.9. The fourth-order valence-electron chi connectivity index (χ4n) is 3.77. The van der Waals surface area contributed by atoms with Crippen LogP contribution in [0.15, 0.2) is 32.2 Å². The normalized spacial score (nSPS) is 16.8. The fourth-order valence-corrected chi connectivity index (χ4v) is 3.77. The number of aliphatic hydroxyl groups excluding tert-OH is 1. The molecule has 2 aromatic carbocycles. The molecule has 0 fully saturated rings. The SMILES string of the molecule is CC[C@@H](Nc1c(Nc2c(F)cc(C)c3c2C(O)NC3)c(=O)c1=O)c1ccc(C)o1. The Morgan fingerprint density at radius 1 is 1.24 bits per heavy atom. The number of rotatable bonds is 6. The second-order valence-corrected chi connectivity index (χ2v) is 7.31. The lowest BCUT2D eigenvalue weighted by Gasteiger charge is -2.22. The first kappa shape index (κ1) is 19.4. The van der Waals surface area contributed by atoms with Crippen molar-refractivity contribution >= 4 is 17.1 Å². The van der Waals surface area contributed by atoms with Crippen LogP contribution in [0, 0.1) is 19.7 Å². The van der Waals surface area contributed by atoms with E-state index in [-0.39, 0.29) is 23.1 Å². The van der Waals surface area contributed by atoms with Crippen LogP contribution in [0.4, 0.5) is 21.5 Å². The van der Waals surface area contributed by atoms with E-state index in [9.17, 15) is 19.1 Å². The molecule has 7 nitrogen and oxygen atoms in total. The minimum absolute atomic E-state index is 0.000131. The van der Waals surface area contributed by atoms with E-state index in [1.165, 1.54) is 6.07 Å². The van der Waals surface area contributed by atoms with E-state index in [2.05, 4.69) is 16.0 Å². The molecule has 8 heteroatoms. The number of aryl methyl sites for hydroxylation is 2. The van der Waals surface area contributed by atoms with Crippen molar-refractivity contribution < 1.29 is 13.9 Å². The van der Waals surface area contributed by atoms with Gasteiger partial charge in [-0.05, 0) is 49.6 Å². The van der Waals surface area contributed by atoms with E-state index in [1.54, 1.807) is 6.92 Å². The van der Waals surface area contributed by atoms with Crippen molar-refractivity contribution in [3.05, 3.63) is 72.7 Å². The van der Waals surface area contributed by atoms with E-state index in [1.807, 2.05) is 26.0 Å². The van der Waals surface area contributed by atoms with Gasteiger partial charge < -0.3 is 20.2 Å². The number of fused-ring (bicyclic) bond motifs is 1. The van der Waals surface area contributed by atoms with E-state index in [4.69, 9.17) is 4.42 Å². The molecule has 1 aliphatic rings. The quantitative estimate of drug-likeness (QED) is 0.473. The van der Waals surface area contributed by atoms with Crippen LogP contribution in [-0.2, 0) is 6.54 Å². The van der Waals surface area contributed by atoms with E-state index in [0.29, 0.717) is 29.9 Å². The molecule has 0 radical (unpaired) electrons. The van der Waals surface area contributed by atoms with Gasteiger partial charge in [0.2, 0.25) is 0 Å². The number of benzene rings is 1. The lowest BCUT2D eigenvalue weighted by molar-refractivity contribution is 0.152. The predicted molar refractivity (Wildman–Crippen MR) is 108 cm³/mol. The molecule has 2 heterocycles. The largest absolute Gasteiger partial charge is 0.464 e. The second-order valence-electron chi connectivity index (χ2n) is 7.31. The summed E-state index contributed by atoms with van der Waals surface area (Å²) in [5.41, 5.74) is 0.507. The zero-order valence-corrected chi connectivity index (χ0v) is 16.4. The number of aliphatic hydroxyl groups is 1. The van der Waals surface area contributed by atoms with Gasteiger partial charge in [0.15, 0.2) is 0 Å². The monoisotopic (exact) mass is 399 g/mol. The van der Waals surface area contributed by atoms with Crippen molar-refractivity contribution in [3.63, 3.8) is 0 Å². The first-order valence-corrected chi connectivity index (χ1v) is 9.48. The molecule has 0 aliphatic carbocycles. The first-order chi connectivity index (χ1) is 13.8. The maximum absolute atomic E-state index is 14.7. The van der Waals surface area contributed by atoms with Crippen LogP contribution in [0.5, 0.6) is 0 Å². The molecule has 1 unspecified atom stereocenters. The maximum Gasteiger partial charge on any atom is 0.253 e. The molecule has 4 rings (SSSR count). The Morgan fingerprint density at radius 3 is 2.62 bits per heavy atom. The zero-order valence-electron chi connectivity index (χ0n) is 16.4. The van der Waals surface area contributed by atoms with Crippen LogP contribution < -0.4 is 26.8 Å². The number of furan rings is 1. The molecule has 1 aliphatic heterocycles. The number of anilines is 3. The lowest BCUT2D eigenvalue weighted by Crippen LogP contribution is -2.37. The first-order valence-electron chi connectivity index (χ1n) is 9.48. The van der Waals surface area contributed by atoms with Gasteiger partial charge in [-0.1, -0.05) is 6.92 Å². The summed E-state index contributed by atoms with van der Waals surface area (Å²) >= 11 is 0. The summed E-state index contributed by atoms with van der Waals surface area (Å²) in [6.07, 6.45) is -0.443. The van der Waals surface area contributed by atoms with Crippen molar-refractivity contribution in [1.82, 2.24) is 5.32 Å². The van der Waals surface area contributed by atoms with Gasteiger partial charge in [0.25, 0.3) is 10.9 Å². The van der Waals surface area contributed by atoms with Crippen molar-refractivity contribution in [1.29, 1.82) is 0 Å². The summed E-state index contributed by atoms with van der Waals surface area (Å²) in [6, 6.07) is 4.66. The summed E-state index contributed by atoms with van der Waals surface area (Å²) in [7, 11) is 0. The van der Waals surface area contributed by atoms with Crippen LogP contribution in [-0.4, -0.2) is 5.11 Å². The van der Waals surface area contributed by atoms with Crippen molar-refractivity contribution in [2.24, 2.45) is 0 Å². The molecule has 0 bridgehead atoms. The Balaban J connectivity index is 1.69. The third kappa shape index (κ3) is 3.14. The van der Waals surface area contributed by atoms with Crippen molar-refractivity contribution in [2.45, 2.75) is 46.0 Å². The topological polar surface area (TPSA) is 104 Å². The number of nitrogens with one attached hydrogen (secondary N) is 3. The van der Waals surface area contributed by atoms with Gasteiger partial charge in [-0.3, -0.25) is 14.9 Å². The highest BCUT2D eigenvalue weighted by molar-refractivity contribution is 5.81. The number of hydrogen-bond acceptors (Lipinski definition) is 7. The van der Waals surface area contributed by atoms with Crippen LogP contribution in [0.3, 0.4) is 0 Å². The molecule has 0 saturated carbocycles. The van der Waals surface area contributed by atoms with Crippen LogP contribution in [0.2, 0.25) is 0 Å². The van der Waals surface area contributed by atoms with Gasteiger partial charge in [0.1, 0.15) is 34.9 Å². The van der Waals surface area contributed by atoms with Gasteiger partial charge in [-0.25, -0.2) is 4.39 Å². The Morgan fingerprint density at radius 2 is 1.97 bits per heavy atom. The Kier molecular flexibility index (Phi) is 4.76. The summed E-state index contributed by atoms with van der Waals surface area (Å²) in [5.74, 6) is 0.782. The molecule has 4 N–H and O–H groups in total. The molecular weight excluding hydrogens is 377 g/mol. The number of hydrogen-bond donors (Lipinski definition) is 4. The average Bonchev–Trinajstić information content (AvgIpc) is 3.29. The summed E-state index contributed by atoms with van der Waals surface area (Å²) < 4.78 is 20.3. The van der Waals surface area contributed by atoms with Gasteiger partial charge in [0, 0.05) is 12.1 Å². The van der Waals surface area contributed by atoms with Gasteiger partial charge >= 0.3 is 0 Å².